The molecule has 0 fully saturated rings. The number of aromatic nitrogens is 2. The molecule has 1 amide bonds. The molecule has 0 unspecified atom stereocenters. The molecule has 0 saturated heterocycles. The molecule has 0 atom stereocenters. The maximum absolute atomic E-state index is 11.8. The zero-order valence-corrected chi connectivity index (χ0v) is 13.5. The zero-order chi connectivity index (χ0) is 15.1. The summed E-state index contributed by atoms with van der Waals surface area (Å²) in [5, 5.41) is 7.02. The van der Waals surface area contributed by atoms with Gasteiger partial charge in [-0.15, -0.1) is 0 Å². The number of rotatable bonds is 7. The summed E-state index contributed by atoms with van der Waals surface area (Å²) in [6, 6.07) is 9.24. The van der Waals surface area contributed by atoms with Gasteiger partial charge in [0.15, 0.2) is 6.73 Å². The van der Waals surface area contributed by atoms with Crippen LogP contribution in [0, 0.1) is 0 Å². The summed E-state index contributed by atoms with van der Waals surface area (Å²) in [6.07, 6.45) is 3.75. The molecule has 2 rings (SSSR count). The third-order valence-corrected chi connectivity index (χ3v) is 3.39. The van der Waals surface area contributed by atoms with Gasteiger partial charge >= 0.3 is 0 Å². The number of carbonyl (C=O) groups is 1. The monoisotopic (exact) mass is 351 g/mol. The fourth-order valence-corrected chi connectivity index (χ4v) is 1.96. The van der Waals surface area contributed by atoms with Gasteiger partial charge < -0.3 is 10.1 Å². The van der Waals surface area contributed by atoms with E-state index in [1.54, 1.807) is 16.9 Å². The molecule has 0 saturated carbocycles. The zero-order valence-electron chi connectivity index (χ0n) is 11.9. The van der Waals surface area contributed by atoms with Crippen LogP contribution in [0.15, 0.2) is 41.0 Å². The molecule has 2 aromatic rings. The van der Waals surface area contributed by atoms with Gasteiger partial charge in [-0.2, -0.15) is 5.10 Å². The van der Waals surface area contributed by atoms with Gasteiger partial charge in [-0.3, -0.25) is 4.79 Å². The maximum Gasteiger partial charge on any atom is 0.271 e. The van der Waals surface area contributed by atoms with Crippen molar-refractivity contribution in [3.05, 3.63) is 46.7 Å². The Morgan fingerprint density at radius 2 is 2.10 bits per heavy atom. The highest BCUT2D eigenvalue weighted by Crippen LogP contribution is 2.16. The molecule has 112 valence electrons. The van der Waals surface area contributed by atoms with Crippen LogP contribution in [0.3, 0.4) is 0 Å². The molecular formula is C15H18BrN3O2. The molecule has 0 aliphatic heterocycles. The highest BCUT2D eigenvalue weighted by molar-refractivity contribution is 9.10. The maximum atomic E-state index is 11.8. The van der Waals surface area contributed by atoms with Crippen molar-refractivity contribution in [2.75, 3.05) is 6.54 Å². The summed E-state index contributed by atoms with van der Waals surface area (Å²) in [7, 11) is 0. The summed E-state index contributed by atoms with van der Waals surface area (Å²) in [4.78, 5) is 11.8. The fourth-order valence-electron chi connectivity index (χ4n) is 1.70. The number of hydrogen-bond acceptors (Lipinski definition) is 3. The van der Waals surface area contributed by atoms with Crippen LogP contribution in [0.25, 0.3) is 0 Å². The lowest BCUT2D eigenvalue weighted by Gasteiger charge is -2.06. The molecule has 0 bridgehead atoms. The number of nitrogens with one attached hydrogen (secondary N) is 1. The molecule has 0 aliphatic carbocycles. The third-order valence-electron chi connectivity index (χ3n) is 2.87. The Morgan fingerprint density at radius 3 is 2.81 bits per heavy atom. The number of halogens is 1. The number of benzene rings is 1. The molecule has 1 heterocycles. The van der Waals surface area contributed by atoms with E-state index in [0.29, 0.717) is 12.2 Å². The Bertz CT molecular complexity index is 581. The van der Waals surface area contributed by atoms with Gasteiger partial charge in [0.25, 0.3) is 5.91 Å². The Hall–Kier alpha value is -1.82. The van der Waals surface area contributed by atoms with Gasteiger partial charge in [-0.25, -0.2) is 4.68 Å². The quantitative estimate of drug-likeness (QED) is 0.779. The van der Waals surface area contributed by atoms with E-state index in [1.165, 1.54) is 0 Å². The number of amides is 1. The van der Waals surface area contributed by atoms with Crippen molar-refractivity contribution < 1.29 is 9.53 Å². The van der Waals surface area contributed by atoms with Crippen molar-refractivity contribution in [1.29, 1.82) is 0 Å². The molecule has 1 aromatic carbocycles. The van der Waals surface area contributed by atoms with Crippen molar-refractivity contribution in [1.82, 2.24) is 15.1 Å². The number of hydrogen-bond donors (Lipinski definition) is 1. The number of carbonyl (C=O) groups excluding carboxylic acids is 1. The molecular weight excluding hydrogens is 334 g/mol. The van der Waals surface area contributed by atoms with Crippen molar-refractivity contribution in [3.63, 3.8) is 0 Å². The first-order valence-electron chi connectivity index (χ1n) is 6.89. The van der Waals surface area contributed by atoms with E-state index in [9.17, 15) is 4.79 Å². The largest absolute Gasteiger partial charge is 0.471 e. The molecule has 5 nitrogen and oxygen atoms in total. The van der Waals surface area contributed by atoms with Crippen LogP contribution in [-0.4, -0.2) is 22.2 Å². The number of nitrogens with zero attached hydrogens (tertiary/aromatic N) is 2. The summed E-state index contributed by atoms with van der Waals surface area (Å²) in [6.45, 7) is 3.03. The average molecular weight is 352 g/mol. The van der Waals surface area contributed by atoms with E-state index in [-0.39, 0.29) is 12.6 Å². The number of unbranched alkanes of at least 4 members (excludes halogenated alkanes) is 1. The minimum absolute atomic E-state index is 0.147. The summed E-state index contributed by atoms with van der Waals surface area (Å²) >= 11 is 3.37. The van der Waals surface area contributed by atoms with Crippen LogP contribution in [0.4, 0.5) is 0 Å². The van der Waals surface area contributed by atoms with Crippen LogP contribution in [0.2, 0.25) is 0 Å². The Balaban J connectivity index is 1.85. The first-order chi connectivity index (χ1) is 10.2. The Morgan fingerprint density at radius 1 is 1.33 bits per heavy atom. The molecule has 1 aromatic heterocycles. The normalized spacial score (nSPS) is 10.4. The van der Waals surface area contributed by atoms with Crippen molar-refractivity contribution in [2.45, 2.75) is 26.5 Å². The Kier molecular flexibility index (Phi) is 5.80. The van der Waals surface area contributed by atoms with E-state index in [4.69, 9.17) is 4.74 Å². The highest BCUT2D eigenvalue weighted by atomic mass is 79.9. The van der Waals surface area contributed by atoms with Crippen LogP contribution >= 0.6 is 15.9 Å². The van der Waals surface area contributed by atoms with Crippen molar-refractivity contribution in [3.8, 4) is 5.75 Å². The molecule has 0 aliphatic rings. The predicted molar refractivity (Wildman–Crippen MR) is 84.2 cm³/mol. The second-order valence-corrected chi connectivity index (χ2v) is 5.49. The lowest BCUT2D eigenvalue weighted by atomic mass is 10.3. The average Bonchev–Trinajstić information content (AvgIpc) is 2.96. The predicted octanol–water partition coefficient (Wildman–Crippen LogP) is 3.21. The molecule has 1 N–H and O–H groups in total. The van der Waals surface area contributed by atoms with E-state index < -0.39 is 0 Å². The lowest BCUT2D eigenvalue weighted by molar-refractivity contribution is 0.0946. The van der Waals surface area contributed by atoms with Gasteiger partial charge in [-0.05, 0) is 36.8 Å². The van der Waals surface area contributed by atoms with Crippen molar-refractivity contribution >= 4 is 21.8 Å². The molecule has 6 heteroatoms. The molecule has 0 spiro atoms. The lowest BCUT2D eigenvalue weighted by Crippen LogP contribution is -2.25. The fraction of sp³-hybridized carbons (Fsp3) is 0.333. The van der Waals surface area contributed by atoms with Gasteiger partial charge in [0.1, 0.15) is 11.4 Å². The number of ether oxygens (including phenoxy) is 1. The van der Waals surface area contributed by atoms with Gasteiger partial charge in [-0.1, -0.05) is 29.3 Å². The topological polar surface area (TPSA) is 56.2 Å². The van der Waals surface area contributed by atoms with Crippen LogP contribution < -0.4 is 10.1 Å². The van der Waals surface area contributed by atoms with Gasteiger partial charge in [0.2, 0.25) is 0 Å². The summed E-state index contributed by atoms with van der Waals surface area (Å²) in [5.41, 5.74) is 0.408. The SMILES string of the molecule is CCCCNC(=O)c1ccn(COc2ccc(Br)cc2)n1. The summed E-state index contributed by atoms with van der Waals surface area (Å²) in [5.74, 6) is 0.605. The second-order valence-electron chi connectivity index (χ2n) is 4.58. The minimum atomic E-state index is -0.147. The van der Waals surface area contributed by atoms with E-state index in [0.717, 1.165) is 23.1 Å². The van der Waals surface area contributed by atoms with Crippen LogP contribution in [-0.2, 0) is 6.73 Å². The first kappa shape index (κ1) is 15.6. The standard InChI is InChI=1S/C15H18BrN3O2/c1-2-3-9-17-15(20)14-8-10-19(18-14)11-21-13-6-4-12(16)5-7-13/h4-8,10H,2-3,9,11H2,1H3,(H,17,20). The molecule has 21 heavy (non-hydrogen) atoms. The van der Waals surface area contributed by atoms with E-state index in [2.05, 4.69) is 33.3 Å². The van der Waals surface area contributed by atoms with Crippen LogP contribution in [0.5, 0.6) is 5.75 Å². The van der Waals surface area contributed by atoms with Crippen LogP contribution in [0.1, 0.15) is 30.3 Å². The molecule has 0 radical (unpaired) electrons. The smallest absolute Gasteiger partial charge is 0.271 e. The van der Waals surface area contributed by atoms with Crippen molar-refractivity contribution in [2.24, 2.45) is 0 Å². The Labute approximate surface area is 132 Å². The third kappa shape index (κ3) is 4.90. The van der Waals surface area contributed by atoms with Gasteiger partial charge in [0, 0.05) is 17.2 Å². The minimum Gasteiger partial charge on any atom is -0.471 e. The van der Waals surface area contributed by atoms with E-state index >= 15 is 0 Å². The second kappa shape index (κ2) is 7.83. The van der Waals surface area contributed by atoms with E-state index in [1.807, 2.05) is 24.3 Å². The highest BCUT2D eigenvalue weighted by Gasteiger charge is 2.08. The van der Waals surface area contributed by atoms with Gasteiger partial charge in [0.05, 0.1) is 0 Å². The summed E-state index contributed by atoms with van der Waals surface area (Å²) < 4.78 is 8.18. The first-order valence-corrected chi connectivity index (χ1v) is 7.68.